The number of rotatable bonds is 9. The molecule has 0 saturated carbocycles. The van der Waals surface area contributed by atoms with Crippen LogP contribution in [0.1, 0.15) is 30.9 Å². The molecule has 0 aromatic carbocycles. The quantitative estimate of drug-likeness (QED) is 0.387. The number of phosphoric acid groups is 1. The Hall–Kier alpha value is -2.75. The highest BCUT2D eigenvalue weighted by atomic mass is 31.2. The average molecular weight is 448 g/mol. The molecule has 4 N–H and O–H groups in total. The molecule has 1 atom stereocenters. The van der Waals surface area contributed by atoms with Crippen LogP contribution in [0.25, 0.3) is 5.57 Å². The van der Waals surface area contributed by atoms with Crippen molar-refractivity contribution in [3.63, 3.8) is 0 Å². The molecule has 1 aliphatic rings. The van der Waals surface area contributed by atoms with Crippen molar-refractivity contribution >= 4 is 13.4 Å². The van der Waals surface area contributed by atoms with Gasteiger partial charge >= 0.3 is 7.82 Å². The number of nitrogens with two attached hydrogens (primary N) is 1. The monoisotopic (exact) mass is 448 g/mol. The van der Waals surface area contributed by atoms with Crippen LogP contribution in [0.2, 0.25) is 0 Å². The van der Waals surface area contributed by atoms with Crippen molar-refractivity contribution in [3.05, 3.63) is 71.4 Å². The first-order valence-corrected chi connectivity index (χ1v) is 11.0. The number of allylic oxidation sites excluding steroid dienone is 3. The molecule has 0 spiro atoms. The highest BCUT2D eigenvalue weighted by molar-refractivity contribution is 7.46. The molecule has 0 amide bonds. The predicted molar refractivity (Wildman–Crippen MR) is 113 cm³/mol. The van der Waals surface area contributed by atoms with Crippen molar-refractivity contribution in [2.45, 2.75) is 26.4 Å². The van der Waals surface area contributed by atoms with E-state index in [9.17, 15) is 4.57 Å². The summed E-state index contributed by atoms with van der Waals surface area (Å²) in [5.74, 6) is 1.01. The van der Waals surface area contributed by atoms with Gasteiger partial charge in [0, 0.05) is 36.5 Å². The lowest BCUT2D eigenvalue weighted by molar-refractivity contribution is 0.110. The van der Waals surface area contributed by atoms with Gasteiger partial charge in [-0.15, -0.1) is 0 Å². The van der Waals surface area contributed by atoms with E-state index in [0.29, 0.717) is 35.9 Å². The normalized spacial score (nSPS) is 16.2. The molecule has 0 bridgehead atoms. The second-order valence-electron chi connectivity index (χ2n) is 7.13. The molecule has 1 unspecified atom stereocenters. The molecule has 3 rings (SSSR count). The van der Waals surface area contributed by atoms with Gasteiger partial charge in [-0.1, -0.05) is 22.9 Å². The number of hydrogen-bond donors (Lipinski definition) is 3. The van der Waals surface area contributed by atoms with E-state index in [2.05, 4.69) is 14.7 Å². The first-order valence-electron chi connectivity index (χ1n) is 9.48. The summed E-state index contributed by atoms with van der Waals surface area (Å²) in [5, 5.41) is 4.09. The fourth-order valence-corrected chi connectivity index (χ4v) is 3.04. The van der Waals surface area contributed by atoms with E-state index in [1.807, 2.05) is 26.0 Å². The van der Waals surface area contributed by atoms with Crippen LogP contribution in [-0.2, 0) is 15.5 Å². The number of nitrogens with zero attached hydrogens (tertiary/aromatic N) is 3. The fourth-order valence-electron chi connectivity index (χ4n) is 2.76. The Morgan fingerprint density at radius 3 is 2.87 bits per heavy atom. The second-order valence-corrected chi connectivity index (χ2v) is 8.37. The summed E-state index contributed by atoms with van der Waals surface area (Å²) >= 11 is 0. The van der Waals surface area contributed by atoms with Crippen molar-refractivity contribution in [2.24, 2.45) is 5.73 Å². The lowest BCUT2D eigenvalue weighted by Gasteiger charge is -2.30. The van der Waals surface area contributed by atoms with Gasteiger partial charge < -0.3 is 29.7 Å². The van der Waals surface area contributed by atoms with Gasteiger partial charge in [0.1, 0.15) is 19.5 Å². The smallest absolute Gasteiger partial charge is 0.471 e. The Bertz CT molecular complexity index is 1020. The van der Waals surface area contributed by atoms with Crippen LogP contribution in [0.3, 0.4) is 0 Å². The standard InChI is InChI=1S/C20H25N4O6P/c1-14(2)7-9-28-19-6-5-15(12-22-19)10-16-11-18(30-23-16)17-4-3-8-24(20(17)21)13-29-31(25,26)27/h3-8,11-12,20H,9-10,13,21H2,1-2H3,(H2,25,26,27). The molecule has 11 heteroatoms. The minimum atomic E-state index is -4.60. The third-order valence-corrected chi connectivity index (χ3v) is 4.81. The number of hydrogen-bond acceptors (Lipinski definition) is 8. The van der Waals surface area contributed by atoms with Gasteiger partial charge in [-0.2, -0.15) is 0 Å². The van der Waals surface area contributed by atoms with E-state index in [0.717, 1.165) is 5.56 Å². The molecule has 1 aliphatic heterocycles. The predicted octanol–water partition coefficient (Wildman–Crippen LogP) is 2.57. The zero-order valence-electron chi connectivity index (χ0n) is 17.2. The highest BCUT2D eigenvalue weighted by Gasteiger charge is 2.25. The zero-order chi connectivity index (χ0) is 22.4. The third-order valence-electron chi connectivity index (χ3n) is 4.35. The van der Waals surface area contributed by atoms with Gasteiger partial charge in [0.2, 0.25) is 5.88 Å². The van der Waals surface area contributed by atoms with Gasteiger partial charge in [0.25, 0.3) is 0 Å². The Balaban J connectivity index is 1.61. The minimum absolute atomic E-state index is 0.367. The van der Waals surface area contributed by atoms with Crippen molar-refractivity contribution in [3.8, 4) is 5.88 Å². The van der Waals surface area contributed by atoms with Crippen molar-refractivity contribution in [2.75, 3.05) is 13.3 Å². The Labute approximate surface area is 179 Å². The number of phosphoric ester groups is 1. The Morgan fingerprint density at radius 1 is 1.39 bits per heavy atom. The van der Waals surface area contributed by atoms with Gasteiger partial charge in [0.15, 0.2) is 5.76 Å². The number of pyridine rings is 1. The van der Waals surface area contributed by atoms with E-state index in [1.54, 1.807) is 36.7 Å². The molecule has 3 heterocycles. The van der Waals surface area contributed by atoms with Crippen molar-refractivity contribution in [1.82, 2.24) is 15.0 Å². The van der Waals surface area contributed by atoms with E-state index >= 15 is 0 Å². The summed E-state index contributed by atoms with van der Waals surface area (Å²) in [7, 11) is -4.60. The fraction of sp³-hybridized carbons (Fsp3) is 0.300. The van der Waals surface area contributed by atoms with E-state index < -0.39 is 14.0 Å². The summed E-state index contributed by atoms with van der Waals surface area (Å²) in [6, 6.07) is 5.49. The van der Waals surface area contributed by atoms with Gasteiger partial charge in [-0.3, -0.25) is 4.52 Å². The molecule has 0 aliphatic carbocycles. The van der Waals surface area contributed by atoms with E-state index in [4.69, 9.17) is 24.8 Å². The molecule has 0 saturated heterocycles. The highest BCUT2D eigenvalue weighted by Crippen LogP contribution is 2.36. The molecule has 10 nitrogen and oxygen atoms in total. The largest absolute Gasteiger partial charge is 0.473 e. The van der Waals surface area contributed by atoms with Crippen LogP contribution in [0.4, 0.5) is 0 Å². The lowest BCUT2D eigenvalue weighted by Crippen LogP contribution is -2.41. The number of aromatic nitrogens is 2. The van der Waals surface area contributed by atoms with Gasteiger partial charge in [-0.05, 0) is 31.6 Å². The second kappa shape index (κ2) is 10.0. The molecule has 0 fully saturated rings. The first kappa shape index (κ1) is 22.9. The summed E-state index contributed by atoms with van der Waals surface area (Å²) in [5.41, 5.74) is 9.60. The summed E-state index contributed by atoms with van der Waals surface area (Å²) in [6.07, 6.45) is 8.51. The third kappa shape index (κ3) is 6.88. The maximum Gasteiger partial charge on any atom is 0.471 e. The van der Waals surface area contributed by atoms with Crippen LogP contribution in [0.5, 0.6) is 5.88 Å². The lowest BCUT2D eigenvalue weighted by atomic mass is 10.1. The SMILES string of the molecule is CC(C)=CCOc1ccc(Cc2cc(C3=CC=CN(COP(=O)(O)O)C3N)on2)cn1. The molecule has 166 valence electrons. The molecule has 0 radical (unpaired) electrons. The topological polar surface area (TPSA) is 144 Å². The van der Waals surface area contributed by atoms with Crippen LogP contribution >= 0.6 is 7.82 Å². The number of ether oxygens (including phenoxy) is 1. The minimum Gasteiger partial charge on any atom is -0.473 e. The van der Waals surface area contributed by atoms with Crippen molar-refractivity contribution < 1.29 is 28.1 Å². The average Bonchev–Trinajstić information content (AvgIpc) is 3.16. The van der Waals surface area contributed by atoms with Crippen LogP contribution in [0.15, 0.2) is 58.9 Å². The first-order chi connectivity index (χ1) is 14.7. The Morgan fingerprint density at radius 2 is 2.19 bits per heavy atom. The van der Waals surface area contributed by atoms with E-state index in [-0.39, 0.29) is 6.73 Å². The van der Waals surface area contributed by atoms with Crippen LogP contribution < -0.4 is 10.5 Å². The summed E-state index contributed by atoms with van der Waals surface area (Å²) in [6.45, 7) is 4.12. The Kier molecular flexibility index (Phi) is 7.42. The molecule has 31 heavy (non-hydrogen) atoms. The summed E-state index contributed by atoms with van der Waals surface area (Å²) < 4.78 is 26.4. The molecule has 2 aromatic heterocycles. The van der Waals surface area contributed by atoms with Crippen molar-refractivity contribution in [1.29, 1.82) is 0 Å². The zero-order valence-corrected chi connectivity index (χ0v) is 18.1. The maximum atomic E-state index is 10.9. The summed E-state index contributed by atoms with van der Waals surface area (Å²) in [4.78, 5) is 23.5. The van der Waals surface area contributed by atoms with E-state index in [1.165, 1.54) is 10.5 Å². The van der Waals surface area contributed by atoms with Crippen LogP contribution in [-0.4, -0.2) is 44.3 Å². The van der Waals surface area contributed by atoms with Crippen LogP contribution in [0, 0.1) is 0 Å². The molecule has 2 aromatic rings. The van der Waals surface area contributed by atoms with Gasteiger partial charge in [-0.25, -0.2) is 9.55 Å². The van der Waals surface area contributed by atoms with Gasteiger partial charge in [0.05, 0.1) is 5.69 Å². The molecular formula is C20H25N4O6P. The maximum absolute atomic E-state index is 10.9. The molecular weight excluding hydrogens is 423 g/mol.